The van der Waals surface area contributed by atoms with Gasteiger partial charge in [-0.2, -0.15) is 0 Å². The molecule has 0 aliphatic heterocycles. The van der Waals surface area contributed by atoms with Crippen LogP contribution in [-0.2, 0) is 9.53 Å². The van der Waals surface area contributed by atoms with E-state index < -0.39 is 18.1 Å². The monoisotopic (exact) mass is 244 g/mol. The molecule has 0 bridgehead atoms. The summed E-state index contributed by atoms with van der Waals surface area (Å²) in [6.07, 6.45) is 2.85. The number of rotatable bonds is 8. The minimum Gasteiger partial charge on any atom is -0.480 e. The number of amides is 1. The van der Waals surface area contributed by atoms with Crippen LogP contribution in [0, 0.1) is 0 Å². The fourth-order valence-electron chi connectivity index (χ4n) is 1.17. The predicted molar refractivity (Wildman–Crippen MR) is 63.6 cm³/mol. The largest absolute Gasteiger partial charge is 0.480 e. The average molecular weight is 244 g/mol. The molecular formula is C11H20N2O4. The molecule has 0 aliphatic carbocycles. The Labute approximate surface area is 101 Å². The Morgan fingerprint density at radius 2 is 2.18 bits per heavy atom. The van der Waals surface area contributed by atoms with Crippen molar-refractivity contribution in [2.45, 2.75) is 25.3 Å². The number of carbonyl (C=O) groups is 2. The van der Waals surface area contributed by atoms with Crippen molar-refractivity contribution < 1.29 is 19.4 Å². The Kier molecular flexibility index (Phi) is 7.79. The number of aliphatic carboxylic acids is 1. The summed E-state index contributed by atoms with van der Waals surface area (Å²) in [6, 6.07) is -0.826. The van der Waals surface area contributed by atoms with Crippen LogP contribution in [0.1, 0.15) is 19.3 Å². The van der Waals surface area contributed by atoms with E-state index in [9.17, 15) is 9.59 Å². The quantitative estimate of drug-likeness (QED) is 0.487. The Balaban J connectivity index is 3.63. The van der Waals surface area contributed by atoms with Crippen LogP contribution in [0.5, 0.6) is 0 Å². The van der Waals surface area contributed by atoms with Gasteiger partial charge in [0.2, 0.25) is 0 Å². The topological polar surface area (TPSA) is 92.9 Å². The van der Waals surface area contributed by atoms with Crippen LogP contribution in [0.25, 0.3) is 0 Å². The van der Waals surface area contributed by atoms with E-state index in [0.29, 0.717) is 25.8 Å². The third-order valence-electron chi connectivity index (χ3n) is 2.21. The van der Waals surface area contributed by atoms with Crippen LogP contribution in [0.3, 0.4) is 0 Å². The summed E-state index contributed by atoms with van der Waals surface area (Å²) in [7, 11) is 1.63. The van der Waals surface area contributed by atoms with Gasteiger partial charge in [-0.05, 0) is 19.3 Å². The van der Waals surface area contributed by atoms with Gasteiger partial charge in [0.05, 0.1) is 0 Å². The summed E-state index contributed by atoms with van der Waals surface area (Å²) < 4.78 is 4.82. The van der Waals surface area contributed by atoms with E-state index in [-0.39, 0.29) is 6.61 Å². The number of ether oxygens (including phenoxy) is 1. The zero-order valence-electron chi connectivity index (χ0n) is 10.1. The van der Waals surface area contributed by atoms with Crippen molar-refractivity contribution in [2.24, 2.45) is 5.73 Å². The maximum atomic E-state index is 11.3. The maximum absolute atomic E-state index is 11.3. The highest BCUT2D eigenvalue weighted by Crippen LogP contribution is 2.01. The van der Waals surface area contributed by atoms with Crippen LogP contribution < -0.4 is 5.73 Å². The first kappa shape index (κ1) is 15.4. The summed E-state index contributed by atoms with van der Waals surface area (Å²) in [5.74, 6) is -0.997. The summed E-state index contributed by atoms with van der Waals surface area (Å²) in [6.45, 7) is 4.14. The lowest BCUT2D eigenvalue weighted by Crippen LogP contribution is -2.31. The molecule has 0 saturated heterocycles. The Morgan fingerprint density at radius 3 is 2.71 bits per heavy atom. The fraction of sp³-hybridized carbons (Fsp3) is 0.636. The number of hydrogen-bond donors (Lipinski definition) is 2. The second-order valence-electron chi connectivity index (χ2n) is 3.73. The SMILES string of the molecule is C=CCOC(=O)N(C)CCCC[C@H](N)C(=O)O. The molecule has 0 aromatic heterocycles. The third-order valence-corrected chi connectivity index (χ3v) is 2.21. The van der Waals surface area contributed by atoms with Gasteiger partial charge in [-0.25, -0.2) is 4.79 Å². The molecule has 0 aromatic carbocycles. The molecule has 1 amide bonds. The van der Waals surface area contributed by atoms with Crippen molar-refractivity contribution >= 4 is 12.1 Å². The first-order valence-electron chi connectivity index (χ1n) is 5.46. The predicted octanol–water partition coefficient (Wildman–Crippen LogP) is 0.823. The molecule has 0 aromatic rings. The molecule has 3 N–H and O–H groups in total. The number of carboxylic acid groups (broad SMARTS) is 1. The lowest BCUT2D eigenvalue weighted by molar-refractivity contribution is -0.138. The normalized spacial score (nSPS) is 11.6. The van der Waals surface area contributed by atoms with Crippen molar-refractivity contribution in [1.82, 2.24) is 4.90 Å². The van der Waals surface area contributed by atoms with Crippen molar-refractivity contribution in [2.75, 3.05) is 20.2 Å². The second kappa shape index (κ2) is 8.58. The number of nitrogens with zero attached hydrogens (tertiary/aromatic N) is 1. The number of unbranched alkanes of at least 4 members (excludes halogenated alkanes) is 1. The van der Waals surface area contributed by atoms with Gasteiger partial charge >= 0.3 is 12.1 Å². The van der Waals surface area contributed by atoms with Gasteiger partial charge in [-0.15, -0.1) is 0 Å². The van der Waals surface area contributed by atoms with Crippen LogP contribution >= 0.6 is 0 Å². The van der Waals surface area contributed by atoms with E-state index in [1.54, 1.807) is 7.05 Å². The smallest absolute Gasteiger partial charge is 0.409 e. The summed E-state index contributed by atoms with van der Waals surface area (Å²) in [5.41, 5.74) is 5.34. The first-order chi connectivity index (χ1) is 7.99. The van der Waals surface area contributed by atoms with Gasteiger partial charge in [0.1, 0.15) is 12.6 Å². The van der Waals surface area contributed by atoms with Gasteiger partial charge in [0.25, 0.3) is 0 Å². The van der Waals surface area contributed by atoms with Gasteiger partial charge in [-0.3, -0.25) is 4.79 Å². The van der Waals surface area contributed by atoms with Crippen LogP contribution in [0.4, 0.5) is 4.79 Å². The summed E-state index contributed by atoms with van der Waals surface area (Å²) in [5, 5.41) is 8.56. The van der Waals surface area contributed by atoms with E-state index in [1.807, 2.05) is 0 Å². The standard InChI is InChI=1S/C11H20N2O4/c1-3-8-17-11(16)13(2)7-5-4-6-9(12)10(14)15/h3,9H,1,4-8,12H2,2H3,(H,14,15)/t9-/m0/s1. The number of carboxylic acids is 1. The molecule has 17 heavy (non-hydrogen) atoms. The zero-order chi connectivity index (χ0) is 13.3. The molecule has 1 atom stereocenters. The second-order valence-corrected chi connectivity index (χ2v) is 3.73. The van der Waals surface area contributed by atoms with E-state index in [4.69, 9.17) is 15.6 Å². The van der Waals surface area contributed by atoms with E-state index in [0.717, 1.165) is 0 Å². The molecular weight excluding hydrogens is 224 g/mol. The molecule has 0 aliphatic rings. The lowest BCUT2D eigenvalue weighted by Gasteiger charge is -2.16. The number of hydrogen-bond acceptors (Lipinski definition) is 4. The molecule has 0 radical (unpaired) electrons. The zero-order valence-corrected chi connectivity index (χ0v) is 10.1. The van der Waals surface area contributed by atoms with Gasteiger partial charge in [0.15, 0.2) is 0 Å². The molecule has 0 rings (SSSR count). The minimum atomic E-state index is -0.997. The minimum absolute atomic E-state index is 0.188. The lowest BCUT2D eigenvalue weighted by atomic mass is 10.1. The van der Waals surface area contributed by atoms with E-state index in [2.05, 4.69) is 6.58 Å². The highest BCUT2D eigenvalue weighted by molar-refractivity contribution is 5.72. The van der Waals surface area contributed by atoms with Crippen molar-refractivity contribution in [3.05, 3.63) is 12.7 Å². The Bertz CT molecular complexity index is 268. The third kappa shape index (κ3) is 7.35. The summed E-state index contributed by atoms with van der Waals surface area (Å²) >= 11 is 0. The number of carbonyl (C=O) groups excluding carboxylic acids is 1. The summed E-state index contributed by atoms with van der Waals surface area (Å²) in [4.78, 5) is 23.2. The molecule has 98 valence electrons. The fourth-order valence-corrected chi connectivity index (χ4v) is 1.17. The van der Waals surface area contributed by atoms with Crippen LogP contribution in [0.15, 0.2) is 12.7 Å². The van der Waals surface area contributed by atoms with Gasteiger partial charge in [0, 0.05) is 13.6 Å². The number of nitrogens with two attached hydrogens (primary N) is 1. The molecule has 0 spiro atoms. The van der Waals surface area contributed by atoms with Crippen LogP contribution in [-0.4, -0.2) is 48.3 Å². The maximum Gasteiger partial charge on any atom is 0.409 e. The van der Waals surface area contributed by atoms with Crippen molar-refractivity contribution in [1.29, 1.82) is 0 Å². The van der Waals surface area contributed by atoms with Gasteiger partial charge < -0.3 is 20.5 Å². The molecule has 0 heterocycles. The van der Waals surface area contributed by atoms with Crippen molar-refractivity contribution in [3.63, 3.8) is 0 Å². The van der Waals surface area contributed by atoms with E-state index >= 15 is 0 Å². The van der Waals surface area contributed by atoms with Gasteiger partial charge in [-0.1, -0.05) is 12.7 Å². The van der Waals surface area contributed by atoms with Crippen LogP contribution in [0.2, 0.25) is 0 Å². The van der Waals surface area contributed by atoms with E-state index in [1.165, 1.54) is 11.0 Å². The Morgan fingerprint density at radius 1 is 1.53 bits per heavy atom. The first-order valence-corrected chi connectivity index (χ1v) is 5.46. The van der Waals surface area contributed by atoms with Crippen molar-refractivity contribution in [3.8, 4) is 0 Å². The average Bonchev–Trinajstić information content (AvgIpc) is 2.30. The molecule has 0 saturated carbocycles. The molecule has 6 heteroatoms. The highest BCUT2D eigenvalue weighted by Gasteiger charge is 2.12. The Hall–Kier alpha value is -1.56. The molecule has 0 fully saturated rings. The highest BCUT2D eigenvalue weighted by atomic mass is 16.6. The molecule has 0 unspecified atom stereocenters. The molecule has 6 nitrogen and oxygen atoms in total.